The van der Waals surface area contributed by atoms with E-state index < -0.39 is 0 Å². The van der Waals surface area contributed by atoms with Crippen molar-refractivity contribution in [2.24, 2.45) is 0 Å². The predicted octanol–water partition coefficient (Wildman–Crippen LogP) is 5.84. The molecule has 2 aromatic heterocycles. The molecular formula is C20H16N2O2S. The Labute approximate surface area is 149 Å². The highest BCUT2D eigenvalue weighted by Gasteiger charge is 2.09. The average molecular weight is 348 g/mol. The van der Waals surface area contributed by atoms with Crippen LogP contribution < -0.4 is 14.8 Å². The van der Waals surface area contributed by atoms with Gasteiger partial charge in [-0.05, 0) is 35.7 Å². The van der Waals surface area contributed by atoms with Crippen molar-refractivity contribution in [1.29, 1.82) is 0 Å². The molecule has 4 nitrogen and oxygen atoms in total. The summed E-state index contributed by atoms with van der Waals surface area (Å²) >= 11 is 1.67. The summed E-state index contributed by atoms with van der Waals surface area (Å²) in [5.41, 5.74) is 1.77. The maximum absolute atomic E-state index is 5.92. The van der Waals surface area contributed by atoms with Crippen molar-refractivity contribution >= 4 is 32.8 Å². The normalized spacial score (nSPS) is 10.6. The molecule has 0 saturated heterocycles. The summed E-state index contributed by atoms with van der Waals surface area (Å²) in [5, 5.41) is 6.61. The lowest BCUT2D eigenvalue weighted by Crippen LogP contribution is -1.96. The van der Waals surface area contributed by atoms with E-state index in [4.69, 9.17) is 9.47 Å². The van der Waals surface area contributed by atoms with Gasteiger partial charge < -0.3 is 14.8 Å². The lowest BCUT2D eigenvalue weighted by Gasteiger charge is -2.14. The Kier molecular flexibility index (Phi) is 4.23. The smallest absolute Gasteiger partial charge is 0.142 e. The number of nitrogens with one attached hydrogen (secondary N) is 1. The molecule has 0 amide bonds. The number of aromatic nitrogens is 1. The van der Waals surface area contributed by atoms with E-state index in [2.05, 4.69) is 21.7 Å². The maximum atomic E-state index is 5.92. The first-order valence-electron chi connectivity index (χ1n) is 7.82. The van der Waals surface area contributed by atoms with Crippen LogP contribution >= 0.6 is 11.3 Å². The second kappa shape index (κ2) is 6.83. The minimum Gasteiger partial charge on any atom is -0.495 e. The Hall–Kier alpha value is -3.05. The van der Waals surface area contributed by atoms with Crippen LogP contribution in [0.15, 0.2) is 72.4 Å². The topological polar surface area (TPSA) is 43.4 Å². The molecule has 0 unspecified atom stereocenters. The van der Waals surface area contributed by atoms with E-state index in [0.29, 0.717) is 0 Å². The standard InChI is InChI=1S/C20H16N2O2S/c1-23-19-8-7-15(24-14-5-3-2-4-6-14)11-17(19)22-18-12-21-13-20-16(18)9-10-25-20/h2-13,22H,1H3. The SMILES string of the molecule is COc1ccc(Oc2ccccc2)cc1Nc1cncc2sccc12. The molecule has 1 N–H and O–H groups in total. The lowest BCUT2D eigenvalue weighted by molar-refractivity contribution is 0.415. The lowest BCUT2D eigenvalue weighted by atomic mass is 10.2. The van der Waals surface area contributed by atoms with E-state index in [0.717, 1.165) is 38.7 Å². The zero-order chi connectivity index (χ0) is 17.1. The van der Waals surface area contributed by atoms with Gasteiger partial charge in [-0.3, -0.25) is 4.98 Å². The minimum atomic E-state index is 0.736. The molecule has 5 heteroatoms. The second-order valence-electron chi connectivity index (χ2n) is 5.42. The third kappa shape index (κ3) is 3.27. The predicted molar refractivity (Wildman–Crippen MR) is 102 cm³/mol. The number of hydrogen-bond donors (Lipinski definition) is 1. The van der Waals surface area contributed by atoms with E-state index >= 15 is 0 Å². The summed E-state index contributed by atoms with van der Waals surface area (Å²) in [6, 6.07) is 17.5. The fourth-order valence-electron chi connectivity index (χ4n) is 2.61. The fraction of sp³-hybridized carbons (Fsp3) is 0.0500. The number of benzene rings is 2. The number of thiophene rings is 1. The van der Waals surface area contributed by atoms with Crippen LogP contribution in [-0.4, -0.2) is 12.1 Å². The van der Waals surface area contributed by atoms with Gasteiger partial charge in [0.25, 0.3) is 0 Å². The van der Waals surface area contributed by atoms with Gasteiger partial charge in [0.05, 0.1) is 29.4 Å². The maximum Gasteiger partial charge on any atom is 0.142 e. The summed E-state index contributed by atoms with van der Waals surface area (Å²) in [6.45, 7) is 0. The van der Waals surface area contributed by atoms with Gasteiger partial charge in [0.2, 0.25) is 0 Å². The Bertz CT molecular complexity index is 999. The van der Waals surface area contributed by atoms with Crippen LogP contribution in [-0.2, 0) is 0 Å². The molecule has 25 heavy (non-hydrogen) atoms. The number of ether oxygens (including phenoxy) is 2. The highest BCUT2D eigenvalue weighted by Crippen LogP contribution is 2.36. The number of pyridine rings is 1. The number of rotatable bonds is 5. The summed E-state index contributed by atoms with van der Waals surface area (Å²) in [7, 11) is 1.65. The monoisotopic (exact) mass is 348 g/mol. The first kappa shape index (κ1) is 15.5. The fourth-order valence-corrected chi connectivity index (χ4v) is 3.39. The van der Waals surface area contributed by atoms with E-state index in [-0.39, 0.29) is 0 Å². The minimum absolute atomic E-state index is 0.736. The molecule has 0 fully saturated rings. The largest absolute Gasteiger partial charge is 0.495 e. The van der Waals surface area contributed by atoms with Crippen molar-refractivity contribution in [3.05, 3.63) is 72.4 Å². The van der Waals surface area contributed by atoms with Crippen LogP contribution in [0.1, 0.15) is 0 Å². The second-order valence-corrected chi connectivity index (χ2v) is 6.37. The molecule has 124 valence electrons. The van der Waals surface area contributed by atoms with Crippen LogP contribution in [0, 0.1) is 0 Å². The summed E-state index contributed by atoms with van der Waals surface area (Å²) in [4.78, 5) is 4.30. The Morgan fingerprint density at radius 2 is 1.80 bits per heavy atom. The molecule has 2 heterocycles. The quantitative estimate of drug-likeness (QED) is 0.492. The summed E-state index contributed by atoms with van der Waals surface area (Å²) in [6.07, 6.45) is 3.69. The van der Waals surface area contributed by atoms with Crippen LogP contribution in [0.4, 0.5) is 11.4 Å². The molecule has 0 aliphatic carbocycles. The Morgan fingerprint density at radius 3 is 2.64 bits per heavy atom. The Balaban J connectivity index is 1.68. The molecule has 2 aromatic carbocycles. The van der Waals surface area contributed by atoms with E-state index in [1.54, 1.807) is 18.4 Å². The van der Waals surface area contributed by atoms with E-state index in [1.807, 2.05) is 60.9 Å². The molecule has 0 spiro atoms. The van der Waals surface area contributed by atoms with Crippen LogP contribution in [0.3, 0.4) is 0 Å². The number of fused-ring (bicyclic) bond motifs is 1. The third-order valence-corrected chi connectivity index (χ3v) is 4.65. The van der Waals surface area contributed by atoms with Crippen molar-refractivity contribution in [2.75, 3.05) is 12.4 Å². The molecule has 4 rings (SSSR count). The van der Waals surface area contributed by atoms with Crippen molar-refractivity contribution in [2.45, 2.75) is 0 Å². The van der Waals surface area contributed by atoms with Gasteiger partial charge in [0, 0.05) is 17.6 Å². The molecule has 0 atom stereocenters. The van der Waals surface area contributed by atoms with Crippen molar-refractivity contribution in [3.8, 4) is 17.2 Å². The van der Waals surface area contributed by atoms with Crippen LogP contribution in [0.2, 0.25) is 0 Å². The first-order valence-corrected chi connectivity index (χ1v) is 8.70. The van der Waals surface area contributed by atoms with E-state index in [1.165, 1.54) is 0 Å². The van der Waals surface area contributed by atoms with E-state index in [9.17, 15) is 0 Å². The van der Waals surface area contributed by atoms with Crippen molar-refractivity contribution in [3.63, 3.8) is 0 Å². The number of methoxy groups -OCH3 is 1. The molecule has 0 aliphatic rings. The molecule has 0 bridgehead atoms. The van der Waals surface area contributed by atoms with Gasteiger partial charge in [-0.2, -0.15) is 0 Å². The molecular weight excluding hydrogens is 332 g/mol. The van der Waals surface area contributed by atoms with Gasteiger partial charge in [-0.1, -0.05) is 18.2 Å². The van der Waals surface area contributed by atoms with Gasteiger partial charge in [-0.15, -0.1) is 11.3 Å². The number of anilines is 2. The number of hydrogen-bond acceptors (Lipinski definition) is 5. The van der Waals surface area contributed by atoms with Crippen molar-refractivity contribution in [1.82, 2.24) is 4.98 Å². The van der Waals surface area contributed by atoms with Gasteiger partial charge in [0.1, 0.15) is 17.2 Å². The molecule has 0 aliphatic heterocycles. The number of nitrogens with zero attached hydrogens (tertiary/aromatic N) is 1. The molecule has 0 radical (unpaired) electrons. The van der Waals surface area contributed by atoms with Crippen LogP contribution in [0.25, 0.3) is 10.1 Å². The van der Waals surface area contributed by atoms with Crippen LogP contribution in [0.5, 0.6) is 17.2 Å². The zero-order valence-corrected chi connectivity index (χ0v) is 14.4. The van der Waals surface area contributed by atoms with Gasteiger partial charge in [-0.25, -0.2) is 0 Å². The third-order valence-electron chi connectivity index (χ3n) is 3.80. The highest BCUT2D eigenvalue weighted by molar-refractivity contribution is 7.17. The Morgan fingerprint density at radius 1 is 0.920 bits per heavy atom. The molecule has 4 aromatic rings. The molecule has 0 saturated carbocycles. The highest BCUT2D eigenvalue weighted by atomic mass is 32.1. The average Bonchev–Trinajstić information content (AvgIpc) is 3.13. The zero-order valence-electron chi connectivity index (χ0n) is 13.6. The number of para-hydroxylation sites is 1. The van der Waals surface area contributed by atoms with Crippen molar-refractivity contribution < 1.29 is 9.47 Å². The first-order chi connectivity index (χ1) is 12.3. The summed E-state index contributed by atoms with van der Waals surface area (Å²) < 4.78 is 12.5. The van der Waals surface area contributed by atoms with Gasteiger partial charge >= 0.3 is 0 Å². The van der Waals surface area contributed by atoms with Gasteiger partial charge in [0.15, 0.2) is 0 Å². The summed E-state index contributed by atoms with van der Waals surface area (Å²) in [5.74, 6) is 2.27.